The van der Waals surface area contributed by atoms with Gasteiger partial charge < -0.3 is 4.84 Å². The molecule has 0 unspecified atom stereocenters. The minimum Gasteiger partial charge on any atom is -0.414 e. The van der Waals surface area contributed by atoms with Crippen LogP contribution in [0, 0.1) is 0 Å². The van der Waals surface area contributed by atoms with Crippen LogP contribution in [0.1, 0.15) is 0 Å². The van der Waals surface area contributed by atoms with E-state index in [0.29, 0.717) is 0 Å². The number of hydrogen-bond donors (Lipinski definition) is 0. The highest BCUT2D eigenvalue weighted by molar-refractivity contribution is 4.63. The molecule has 1 heterocycles. The summed E-state index contributed by atoms with van der Waals surface area (Å²) in [4.78, 5) is 4.75. The highest BCUT2D eigenvalue weighted by atomic mass is 16.7. The van der Waals surface area contributed by atoms with Gasteiger partial charge in [-0.1, -0.05) is 6.58 Å². The summed E-state index contributed by atoms with van der Waals surface area (Å²) in [5.41, 5.74) is 0. The predicted octanol–water partition coefficient (Wildman–Crippen LogP) is 0.377. The van der Waals surface area contributed by atoms with E-state index in [9.17, 15) is 0 Å². The van der Waals surface area contributed by atoms with Crippen molar-refractivity contribution in [2.45, 2.75) is 0 Å². The van der Waals surface area contributed by atoms with E-state index in [1.165, 1.54) is 6.26 Å². The Bertz CT molecular complexity index is 58.6. The highest BCUT2D eigenvalue weighted by Gasteiger charge is 2.16. The summed E-state index contributed by atoms with van der Waals surface area (Å²) in [5, 5.41) is 1.81. The zero-order valence-electron chi connectivity index (χ0n) is 3.55. The topological polar surface area (TPSA) is 12.2 Å². The van der Waals surface area contributed by atoms with Crippen LogP contribution in [0.15, 0.2) is 12.8 Å². The van der Waals surface area contributed by atoms with Crippen LogP contribution in [-0.4, -0.2) is 18.2 Å². The van der Waals surface area contributed by atoms with E-state index in [1.807, 2.05) is 5.06 Å². The molecule has 1 aliphatic heterocycles. The van der Waals surface area contributed by atoms with Crippen LogP contribution in [0.3, 0.4) is 0 Å². The number of rotatable bonds is 2. The van der Waals surface area contributed by atoms with Crippen molar-refractivity contribution in [3.63, 3.8) is 0 Å². The first-order chi connectivity index (χ1) is 2.93. The van der Waals surface area contributed by atoms with Crippen molar-refractivity contribution >= 4 is 0 Å². The van der Waals surface area contributed by atoms with Gasteiger partial charge in [-0.15, -0.1) is 5.06 Å². The Balaban J connectivity index is 2.00. The van der Waals surface area contributed by atoms with Gasteiger partial charge in [0, 0.05) is 0 Å². The number of nitrogens with zero attached hydrogens (tertiary/aromatic N) is 1. The molecule has 0 aromatic rings. The van der Waals surface area contributed by atoms with Crippen LogP contribution in [0.5, 0.6) is 0 Å². The molecule has 2 nitrogen and oxygen atoms in total. The van der Waals surface area contributed by atoms with Gasteiger partial charge in [0.05, 0.1) is 13.1 Å². The van der Waals surface area contributed by atoms with Crippen LogP contribution in [0.2, 0.25) is 0 Å². The van der Waals surface area contributed by atoms with Crippen molar-refractivity contribution in [1.29, 1.82) is 0 Å². The van der Waals surface area contributed by atoms with E-state index >= 15 is 0 Å². The second-order valence-corrected chi connectivity index (χ2v) is 1.20. The lowest BCUT2D eigenvalue weighted by Crippen LogP contribution is -1.87. The molecule has 0 radical (unpaired) electrons. The Kier molecular flexibility index (Phi) is 0.801. The van der Waals surface area contributed by atoms with Crippen LogP contribution in [0.4, 0.5) is 0 Å². The Morgan fingerprint density at radius 1 is 1.67 bits per heavy atom. The van der Waals surface area contributed by atoms with E-state index in [2.05, 4.69) is 6.58 Å². The van der Waals surface area contributed by atoms with Gasteiger partial charge in [-0.3, -0.25) is 0 Å². The van der Waals surface area contributed by atoms with Gasteiger partial charge >= 0.3 is 0 Å². The Labute approximate surface area is 37.0 Å². The Morgan fingerprint density at radius 3 is 2.50 bits per heavy atom. The van der Waals surface area contributed by atoms with Gasteiger partial charge in [-0.05, 0) is 0 Å². The molecule has 0 atom stereocenters. The third-order valence-corrected chi connectivity index (χ3v) is 0.630. The standard InChI is InChI=1S/C4H7NO/c1-2-6-5-3-4-5/h2H,1,3-4H2. The molecule has 0 N–H and O–H groups in total. The summed E-state index contributed by atoms with van der Waals surface area (Å²) in [6, 6.07) is 0. The van der Waals surface area contributed by atoms with Gasteiger partial charge in [0.2, 0.25) is 0 Å². The summed E-state index contributed by atoms with van der Waals surface area (Å²) in [5.74, 6) is 0. The molecule has 0 amide bonds. The van der Waals surface area contributed by atoms with Gasteiger partial charge in [-0.2, -0.15) is 0 Å². The molecule has 1 rings (SSSR count). The molecule has 0 bridgehead atoms. The van der Waals surface area contributed by atoms with E-state index in [4.69, 9.17) is 4.84 Å². The molecule has 1 fully saturated rings. The Hall–Kier alpha value is -0.500. The predicted molar refractivity (Wildman–Crippen MR) is 22.9 cm³/mol. The average molecular weight is 85.1 g/mol. The van der Waals surface area contributed by atoms with Crippen molar-refractivity contribution < 1.29 is 4.84 Å². The maximum atomic E-state index is 4.75. The molecule has 0 aromatic carbocycles. The fraction of sp³-hybridized carbons (Fsp3) is 0.500. The third-order valence-electron chi connectivity index (χ3n) is 0.630. The zero-order valence-corrected chi connectivity index (χ0v) is 3.55. The molecule has 0 aliphatic carbocycles. The number of hydroxylamine groups is 2. The van der Waals surface area contributed by atoms with Crippen LogP contribution in [-0.2, 0) is 4.84 Å². The van der Waals surface area contributed by atoms with E-state index < -0.39 is 0 Å². The van der Waals surface area contributed by atoms with Crippen LogP contribution in [0.25, 0.3) is 0 Å². The molecule has 1 saturated heterocycles. The maximum Gasteiger partial charge on any atom is 0.104 e. The normalized spacial score (nSPS) is 20.0. The monoisotopic (exact) mass is 85.1 g/mol. The van der Waals surface area contributed by atoms with E-state index in [0.717, 1.165) is 13.1 Å². The molecule has 0 spiro atoms. The summed E-state index contributed by atoms with van der Waals surface area (Å²) >= 11 is 0. The van der Waals surface area contributed by atoms with Crippen molar-refractivity contribution in [3.05, 3.63) is 12.8 Å². The van der Waals surface area contributed by atoms with E-state index in [1.54, 1.807) is 0 Å². The minimum atomic E-state index is 1.06. The molecule has 0 saturated carbocycles. The fourth-order valence-electron chi connectivity index (χ4n) is 0.252. The fourth-order valence-corrected chi connectivity index (χ4v) is 0.252. The Morgan fingerprint density at radius 2 is 2.33 bits per heavy atom. The highest BCUT2D eigenvalue weighted by Crippen LogP contribution is 2.02. The lowest BCUT2D eigenvalue weighted by Gasteiger charge is -1.91. The lowest BCUT2D eigenvalue weighted by atomic mass is 11.0. The molecule has 0 aromatic heterocycles. The molecular formula is C4H7NO. The maximum absolute atomic E-state index is 4.75. The summed E-state index contributed by atoms with van der Waals surface area (Å²) < 4.78 is 0. The first kappa shape index (κ1) is 3.68. The molecule has 34 valence electrons. The molecule has 6 heavy (non-hydrogen) atoms. The largest absolute Gasteiger partial charge is 0.414 e. The van der Waals surface area contributed by atoms with Crippen molar-refractivity contribution in [3.8, 4) is 0 Å². The van der Waals surface area contributed by atoms with Gasteiger partial charge in [-0.25, -0.2) is 0 Å². The molecule has 1 aliphatic rings. The summed E-state index contributed by atoms with van der Waals surface area (Å²) in [7, 11) is 0. The van der Waals surface area contributed by atoms with Gasteiger partial charge in [0.25, 0.3) is 0 Å². The SMILES string of the molecule is C=CON1CC1. The second-order valence-electron chi connectivity index (χ2n) is 1.20. The molecule has 2 heteroatoms. The van der Waals surface area contributed by atoms with Gasteiger partial charge in [0.15, 0.2) is 0 Å². The van der Waals surface area contributed by atoms with Gasteiger partial charge in [0.1, 0.15) is 6.26 Å². The quantitative estimate of drug-likeness (QED) is 0.355. The second kappa shape index (κ2) is 1.30. The first-order valence-corrected chi connectivity index (χ1v) is 1.96. The summed E-state index contributed by atoms with van der Waals surface area (Å²) in [6.45, 7) is 5.50. The van der Waals surface area contributed by atoms with E-state index in [-0.39, 0.29) is 0 Å². The number of hydrogen-bond acceptors (Lipinski definition) is 2. The van der Waals surface area contributed by atoms with Crippen molar-refractivity contribution in [2.75, 3.05) is 13.1 Å². The zero-order chi connectivity index (χ0) is 4.41. The summed E-state index contributed by atoms with van der Waals surface area (Å²) in [6.07, 6.45) is 1.44. The smallest absolute Gasteiger partial charge is 0.104 e. The van der Waals surface area contributed by atoms with Crippen molar-refractivity contribution in [2.24, 2.45) is 0 Å². The molecular weight excluding hydrogens is 78.0 g/mol. The minimum absolute atomic E-state index is 1.06. The van der Waals surface area contributed by atoms with Crippen LogP contribution >= 0.6 is 0 Å². The average Bonchev–Trinajstić information content (AvgIpc) is 2.21. The van der Waals surface area contributed by atoms with Crippen molar-refractivity contribution in [1.82, 2.24) is 5.06 Å². The third kappa shape index (κ3) is 0.723. The first-order valence-electron chi connectivity index (χ1n) is 1.96. The lowest BCUT2D eigenvalue weighted by molar-refractivity contribution is 0.0134. The van der Waals surface area contributed by atoms with Crippen LogP contribution < -0.4 is 0 Å².